The molecule has 1 aliphatic rings. The third-order valence-electron chi connectivity index (χ3n) is 4.84. The molecular formula is C19H18F3N3O. The van der Waals surface area contributed by atoms with Crippen molar-refractivity contribution in [1.82, 2.24) is 5.16 Å². The van der Waals surface area contributed by atoms with Gasteiger partial charge >= 0.3 is 6.18 Å². The number of rotatable bonds is 3. The van der Waals surface area contributed by atoms with Crippen molar-refractivity contribution in [2.45, 2.75) is 19.0 Å². The molecule has 0 aliphatic carbocycles. The van der Waals surface area contributed by atoms with Gasteiger partial charge in [-0.2, -0.15) is 13.2 Å². The molecule has 1 fully saturated rings. The minimum absolute atomic E-state index is 0.153. The molecule has 4 nitrogen and oxygen atoms in total. The predicted octanol–water partition coefficient (Wildman–Crippen LogP) is 5.35. The van der Waals surface area contributed by atoms with E-state index in [-0.39, 0.29) is 12.8 Å². The minimum atomic E-state index is -4.08. The summed E-state index contributed by atoms with van der Waals surface area (Å²) in [5.74, 6) is -1.18. The fourth-order valence-corrected chi connectivity index (χ4v) is 3.33. The monoisotopic (exact) mass is 361 g/mol. The van der Waals surface area contributed by atoms with Crippen LogP contribution < -0.4 is 10.2 Å². The van der Waals surface area contributed by atoms with Gasteiger partial charge in [-0.3, -0.25) is 0 Å². The summed E-state index contributed by atoms with van der Waals surface area (Å²) in [6.07, 6.45) is -2.11. The molecule has 0 spiro atoms. The zero-order chi connectivity index (χ0) is 18.1. The van der Waals surface area contributed by atoms with E-state index in [4.69, 9.17) is 4.52 Å². The summed E-state index contributed by atoms with van der Waals surface area (Å²) >= 11 is 0. The normalized spacial score (nSPS) is 16.2. The number of nitrogens with zero attached hydrogens (tertiary/aromatic N) is 2. The molecule has 0 bridgehead atoms. The Morgan fingerprint density at radius 3 is 2.38 bits per heavy atom. The van der Waals surface area contributed by atoms with E-state index < -0.39 is 12.1 Å². The molecule has 2 heterocycles. The van der Waals surface area contributed by atoms with Gasteiger partial charge in [0.2, 0.25) is 0 Å². The third-order valence-corrected chi connectivity index (χ3v) is 4.84. The van der Waals surface area contributed by atoms with Gasteiger partial charge in [0.15, 0.2) is 5.58 Å². The summed E-state index contributed by atoms with van der Waals surface area (Å²) in [6, 6.07) is 13.5. The van der Waals surface area contributed by atoms with Gasteiger partial charge in [-0.15, -0.1) is 0 Å². The second kappa shape index (κ2) is 6.55. The summed E-state index contributed by atoms with van der Waals surface area (Å²) in [6.45, 7) is 0.859. The van der Waals surface area contributed by atoms with Crippen LogP contribution in [0.25, 0.3) is 11.0 Å². The van der Waals surface area contributed by atoms with Gasteiger partial charge in [0.1, 0.15) is 0 Å². The first kappa shape index (κ1) is 16.8. The Morgan fingerprint density at radius 1 is 1.00 bits per heavy atom. The Bertz CT molecular complexity index is 881. The minimum Gasteiger partial charge on any atom is -0.372 e. The van der Waals surface area contributed by atoms with Crippen LogP contribution in [0.4, 0.5) is 30.2 Å². The molecule has 26 heavy (non-hydrogen) atoms. The molecule has 0 saturated carbocycles. The van der Waals surface area contributed by atoms with Gasteiger partial charge in [0, 0.05) is 41.6 Å². The summed E-state index contributed by atoms with van der Waals surface area (Å²) < 4.78 is 43.5. The van der Waals surface area contributed by atoms with Crippen molar-refractivity contribution < 1.29 is 17.7 Å². The molecule has 0 unspecified atom stereocenters. The highest BCUT2D eigenvalue weighted by atomic mass is 19.4. The number of benzene rings is 2. The number of hydrogen-bond donors (Lipinski definition) is 1. The van der Waals surface area contributed by atoms with Crippen LogP contribution in [0.15, 0.2) is 53.2 Å². The van der Waals surface area contributed by atoms with Crippen LogP contribution in [0.2, 0.25) is 0 Å². The van der Waals surface area contributed by atoms with E-state index in [1.165, 1.54) is 0 Å². The van der Waals surface area contributed by atoms with Gasteiger partial charge in [-0.25, -0.2) is 0 Å². The van der Waals surface area contributed by atoms with Crippen molar-refractivity contribution in [3.63, 3.8) is 0 Å². The molecule has 1 N–H and O–H groups in total. The Hall–Kier alpha value is -2.70. The number of aromatic nitrogens is 1. The Balaban J connectivity index is 1.40. The van der Waals surface area contributed by atoms with Gasteiger partial charge in [0.25, 0.3) is 0 Å². The van der Waals surface area contributed by atoms with Gasteiger partial charge in [-0.1, -0.05) is 5.16 Å². The van der Waals surface area contributed by atoms with Gasteiger partial charge in [-0.05, 0) is 49.2 Å². The first-order chi connectivity index (χ1) is 12.5. The number of halogens is 3. The smallest absolute Gasteiger partial charge is 0.372 e. The van der Waals surface area contributed by atoms with Gasteiger partial charge < -0.3 is 14.7 Å². The first-order valence-corrected chi connectivity index (χ1v) is 8.52. The molecule has 3 aromatic rings. The number of piperidine rings is 1. The quantitative estimate of drug-likeness (QED) is 0.683. The number of nitrogens with one attached hydrogen (secondary N) is 1. The SMILES string of the molecule is FC(F)(F)C1CCN(c2ccc(Nc3ccc4cnoc4c3)cc2)CC1. The second-order valence-electron chi connectivity index (χ2n) is 6.55. The van der Waals surface area contributed by atoms with Crippen LogP contribution in [0, 0.1) is 5.92 Å². The largest absolute Gasteiger partial charge is 0.391 e. The lowest BCUT2D eigenvalue weighted by Crippen LogP contribution is -2.38. The van der Waals surface area contributed by atoms with Crippen molar-refractivity contribution in [3.05, 3.63) is 48.7 Å². The van der Waals surface area contributed by atoms with Crippen LogP contribution in [-0.4, -0.2) is 24.4 Å². The maximum absolute atomic E-state index is 12.8. The highest BCUT2D eigenvalue weighted by Gasteiger charge is 2.41. The van der Waals surface area contributed by atoms with E-state index in [1.807, 2.05) is 47.4 Å². The number of fused-ring (bicyclic) bond motifs is 1. The summed E-state index contributed by atoms with van der Waals surface area (Å²) in [4.78, 5) is 2.01. The Kier molecular flexibility index (Phi) is 4.22. The number of alkyl halides is 3. The standard InChI is InChI=1S/C19H18F3N3O/c20-19(21,22)14-7-9-25(10-8-14)17-5-3-15(4-6-17)24-16-2-1-13-12-23-26-18(13)11-16/h1-6,11-12,14,24H,7-10H2. The van der Waals surface area contributed by atoms with E-state index in [9.17, 15) is 13.2 Å². The van der Waals surface area contributed by atoms with E-state index in [0.717, 1.165) is 22.4 Å². The second-order valence-corrected chi connectivity index (χ2v) is 6.55. The molecule has 4 rings (SSSR count). The molecule has 0 amide bonds. The van der Waals surface area contributed by atoms with Crippen LogP contribution in [0.3, 0.4) is 0 Å². The molecule has 0 atom stereocenters. The van der Waals surface area contributed by atoms with E-state index in [0.29, 0.717) is 18.7 Å². The average Bonchev–Trinajstić information content (AvgIpc) is 3.10. The highest BCUT2D eigenvalue weighted by Crippen LogP contribution is 2.35. The number of hydrogen-bond acceptors (Lipinski definition) is 4. The topological polar surface area (TPSA) is 41.3 Å². The highest BCUT2D eigenvalue weighted by molar-refractivity contribution is 5.81. The predicted molar refractivity (Wildman–Crippen MR) is 94.7 cm³/mol. The molecule has 7 heteroatoms. The van der Waals surface area contributed by atoms with Crippen LogP contribution >= 0.6 is 0 Å². The zero-order valence-electron chi connectivity index (χ0n) is 14.0. The van der Waals surface area contributed by atoms with Crippen LogP contribution in [0.1, 0.15) is 12.8 Å². The van der Waals surface area contributed by atoms with Crippen molar-refractivity contribution in [2.75, 3.05) is 23.3 Å². The molecule has 1 saturated heterocycles. The molecule has 136 valence electrons. The van der Waals surface area contributed by atoms with E-state index in [1.54, 1.807) is 6.20 Å². The van der Waals surface area contributed by atoms with Gasteiger partial charge in [0.05, 0.1) is 12.1 Å². The van der Waals surface area contributed by atoms with E-state index in [2.05, 4.69) is 10.5 Å². The van der Waals surface area contributed by atoms with Crippen molar-refractivity contribution in [2.24, 2.45) is 5.92 Å². The Morgan fingerprint density at radius 2 is 1.69 bits per heavy atom. The summed E-state index contributed by atoms with van der Waals surface area (Å²) in [5.41, 5.74) is 3.44. The van der Waals surface area contributed by atoms with Crippen molar-refractivity contribution >= 4 is 28.0 Å². The molecule has 1 aliphatic heterocycles. The maximum Gasteiger partial charge on any atom is 0.391 e. The summed E-state index contributed by atoms with van der Waals surface area (Å²) in [7, 11) is 0. The third kappa shape index (κ3) is 3.47. The average molecular weight is 361 g/mol. The molecular weight excluding hydrogens is 343 g/mol. The summed E-state index contributed by atoms with van der Waals surface area (Å²) in [5, 5.41) is 7.98. The van der Waals surface area contributed by atoms with Crippen LogP contribution in [0.5, 0.6) is 0 Å². The molecule has 2 aromatic carbocycles. The van der Waals surface area contributed by atoms with Crippen molar-refractivity contribution in [1.29, 1.82) is 0 Å². The molecule has 0 radical (unpaired) electrons. The fraction of sp³-hybridized carbons (Fsp3) is 0.316. The lowest BCUT2D eigenvalue weighted by Gasteiger charge is -2.34. The maximum atomic E-state index is 12.8. The van der Waals surface area contributed by atoms with Crippen LogP contribution in [-0.2, 0) is 0 Å². The lowest BCUT2D eigenvalue weighted by atomic mass is 9.96. The number of anilines is 3. The van der Waals surface area contributed by atoms with Crippen molar-refractivity contribution in [3.8, 4) is 0 Å². The zero-order valence-corrected chi connectivity index (χ0v) is 14.0. The molecule has 1 aromatic heterocycles. The van der Waals surface area contributed by atoms with E-state index >= 15 is 0 Å². The first-order valence-electron chi connectivity index (χ1n) is 8.52. The fourth-order valence-electron chi connectivity index (χ4n) is 3.33. The Labute approximate surface area is 148 Å². The lowest BCUT2D eigenvalue weighted by molar-refractivity contribution is -0.179.